The van der Waals surface area contributed by atoms with E-state index in [2.05, 4.69) is 0 Å². The smallest absolute Gasteiger partial charge is 0.335 e. The second-order valence-corrected chi connectivity index (χ2v) is 3.57. The van der Waals surface area contributed by atoms with Crippen LogP contribution in [0.4, 0.5) is 0 Å². The average Bonchev–Trinajstić information content (AvgIpc) is 2.97. The summed E-state index contributed by atoms with van der Waals surface area (Å²) in [6.07, 6.45) is 1.27. The van der Waals surface area contributed by atoms with Crippen LogP contribution in [0.25, 0.3) is 0 Å². The summed E-state index contributed by atoms with van der Waals surface area (Å²) in [5.74, 6) is -0.839. The Balaban J connectivity index is 1.92. The van der Waals surface area contributed by atoms with E-state index >= 15 is 0 Å². The van der Waals surface area contributed by atoms with Crippen molar-refractivity contribution < 1.29 is 14.6 Å². The van der Waals surface area contributed by atoms with Gasteiger partial charge in [-0.2, -0.15) is 0 Å². The van der Waals surface area contributed by atoms with Gasteiger partial charge in [0, 0.05) is 0 Å². The minimum Gasteiger partial charge on any atom is -0.479 e. The summed E-state index contributed by atoms with van der Waals surface area (Å²) in [7, 11) is 0. The first kappa shape index (κ1) is 9.21. The molecule has 0 aromatic heterocycles. The van der Waals surface area contributed by atoms with Gasteiger partial charge in [-0.05, 0) is 18.4 Å². The minimum atomic E-state index is -0.879. The number of carboxylic acids is 1. The van der Waals surface area contributed by atoms with Crippen LogP contribution >= 0.6 is 0 Å². The molecule has 1 aliphatic rings. The Morgan fingerprint density at radius 2 is 2.00 bits per heavy atom. The molecule has 3 nitrogen and oxygen atoms in total. The Labute approximate surface area is 82.3 Å². The Morgan fingerprint density at radius 1 is 1.36 bits per heavy atom. The number of aliphatic carboxylic acids is 1. The predicted octanol–water partition coefficient (Wildman–Crippen LogP) is 1.82. The first-order valence-corrected chi connectivity index (χ1v) is 4.64. The molecule has 3 heteroatoms. The molecule has 2 rings (SSSR count). The van der Waals surface area contributed by atoms with Crippen molar-refractivity contribution in [1.82, 2.24) is 0 Å². The number of carbonyl (C=O) groups is 1. The maximum atomic E-state index is 10.8. The van der Waals surface area contributed by atoms with Crippen LogP contribution in [0.15, 0.2) is 30.3 Å². The maximum Gasteiger partial charge on any atom is 0.335 e. The van der Waals surface area contributed by atoms with Crippen molar-refractivity contribution in [1.29, 1.82) is 0 Å². The third-order valence-corrected chi connectivity index (χ3v) is 2.45. The number of hydrogen-bond acceptors (Lipinski definition) is 2. The van der Waals surface area contributed by atoms with Crippen LogP contribution in [0.1, 0.15) is 18.4 Å². The molecule has 1 saturated carbocycles. The van der Waals surface area contributed by atoms with Gasteiger partial charge in [-0.15, -0.1) is 0 Å². The van der Waals surface area contributed by atoms with Crippen molar-refractivity contribution in [3.63, 3.8) is 0 Å². The summed E-state index contributed by atoms with van der Waals surface area (Å²) in [6.45, 7) is 0.382. The Hall–Kier alpha value is -1.35. The van der Waals surface area contributed by atoms with Crippen molar-refractivity contribution in [3.8, 4) is 0 Å². The largest absolute Gasteiger partial charge is 0.479 e. The number of benzene rings is 1. The molecule has 1 fully saturated rings. The van der Waals surface area contributed by atoms with Crippen LogP contribution in [0.2, 0.25) is 0 Å². The van der Waals surface area contributed by atoms with E-state index in [0.29, 0.717) is 19.4 Å². The van der Waals surface area contributed by atoms with Gasteiger partial charge in [-0.3, -0.25) is 0 Å². The fourth-order valence-electron chi connectivity index (χ4n) is 1.33. The van der Waals surface area contributed by atoms with Crippen molar-refractivity contribution in [2.75, 3.05) is 0 Å². The molecule has 0 spiro atoms. The minimum absolute atomic E-state index is 0.382. The van der Waals surface area contributed by atoms with Gasteiger partial charge in [0.2, 0.25) is 0 Å². The molecule has 0 atom stereocenters. The van der Waals surface area contributed by atoms with Gasteiger partial charge in [0.15, 0.2) is 5.60 Å². The molecule has 0 heterocycles. The monoisotopic (exact) mass is 192 g/mol. The van der Waals surface area contributed by atoms with E-state index in [-0.39, 0.29) is 0 Å². The van der Waals surface area contributed by atoms with Crippen LogP contribution < -0.4 is 0 Å². The highest BCUT2D eigenvalue weighted by molar-refractivity contribution is 5.80. The molecule has 0 amide bonds. The van der Waals surface area contributed by atoms with E-state index in [1.54, 1.807) is 0 Å². The molecular formula is C11H12O3. The van der Waals surface area contributed by atoms with E-state index < -0.39 is 11.6 Å². The van der Waals surface area contributed by atoms with E-state index in [1.165, 1.54) is 0 Å². The Kier molecular flexibility index (Phi) is 2.25. The molecule has 0 aliphatic heterocycles. The highest BCUT2D eigenvalue weighted by Crippen LogP contribution is 2.40. The first-order chi connectivity index (χ1) is 6.73. The Morgan fingerprint density at radius 3 is 2.50 bits per heavy atom. The molecule has 1 aromatic carbocycles. The third kappa shape index (κ3) is 1.77. The predicted molar refractivity (Wildman–Crippen MR) is 50.8 cm³/mol. The SMILES string of the molecule is O=C(O)C1(OCc2ccccc2)CC1. The van der Waals surface area contributed by atoms with Crippen LogP contribution in [-0.2, 0) is 16.1 Å². The molecule has 1 aliphatic carbocycles. The van der Waals surface area contributed by atoms with E-state index in [4.69, 9.17) is 9.84 Å². The van der Waals surface area contributed by atoms with Crippen LogP contribution in [0.5, 0.6) is 0 Å². The zero-order valence-electron chi connectivity index (χ0n) is 7.77. The third-order valence-electron chi connectivity index (χ3n) is 2.45. The van der Waals surface area contributed by atoms with Crippen molar-refractivity contribution in [2.45, 2.75) is 25.0 Å². The zero-order valence-corrected chi connectivity index (χ0v) is 7.77. The number of hydrogen-bond donors (Lipinski definition) is 1. The highest BCUT2D eigenvalue weighted by Gasteiger charge is 2.51. The first-order valence-electron chi connectivity index (χ1n) is 4.64. The summed E-state index contributed by atoms with van der Waals surface area (Å²) < 4.78 is 5.39. The van der Waals surface area contributed by atoms with Gasteiger partial charge in [-0.25, -0.2) is 4.79 Å². The van der Waals surface area contributed by atoms with Crippen molar-refractivity contribution in [3.05, 3.63) is 35.9 Å². The molecular weight excluding hydrogens is 180 g/mol. The van der Waals surface area contributed by atoms with Gasteiger partial charge in [0.25, 0.3) is 0 Å². The van der Waals surface area contributed by atoms with Gasteiger partial charge in [-0.1, -0.05) is 30.3 Å². The number of carboxylic acid groups (broad SMARTS) is 1. The summed E-state index contributed by atoms with van der Waals surface area (Å²) in [5.41, 5.74) is 0.135. The number of rotatable bonds is 4. The molecule has 1 N–H and O–H groups in total. The second kappa shape index (κ2) is 3.42. The van der Waals surface area contributed by atoms with Gasteiger partial charge in [0.05, 0.1) is 6.61 Å². The number of ether oxygens (including phenoxy) is 1. The van der Waals surface area contributed by atoms with E-state index in [9.17, 15) is 4.79 Å². The lowest BCUT2D eigenvalue weighted by molar-refractivity contribution is -0.154. The summed E-state index contributed by atoms with van der Waals surface area (Å²) in [5, 5.41) is 8.86. The highest BCUT2D eigenvalue weighted by atomic mass is 16.5. The molecule has 1 aromatic rings. The normalized spacial score (nSPS) is 17.7. The Bertz CT molecular complexity index is 328. The van der Waals surface area contributed by atoms with Crippen molar-refractivity contribution >= 4 is 5.97 Å². The summed E-state index contributed by atoms with van der Waals surface area (Å²) >= 11 is 0. The van der Waals surface area contributed by atoms with Crippen LogP contribution in [0.3, 0.4) is 0 Å². The molecule has 0 bridgehead atoms. The standard InChI is InChI=1S/C11H12O3/c12-10(13)11(6-7-11)14-8-9-4-2-1-3-5-9/h1-5H,6-8H2,(H,12,13). The van der Waals surface area contributed by atoms with Crippen LogP contribution in [-0.4, -0.2) is 16.7 Å². The van der Waals surface area contributed by atoms with Gasteiger partial charge >= 0.3 is 5.97 Å². The second-order valence-electron chi connectivity index (χ2n) is 3.57. The zero-order chi connectivity index (χ0) is 10.0. The average molecular weight is 192 g/mol. The molecule has 0 radical (unpaired) electrons. The summed E-state index contributed by atoms with van der Waals surface area (Å²) in [4.78, 5) is 10.8. The van der Waals surface area contributed by atoms with Gasteiger partial charge < -0.3 is 9.84 Å². The quantitative estimate of drug-likeness (QED) is 0.791. The lowest BCUT2D eigenvalue weighted by atomic mass is 10.2. The van der Waals surface area contributed by atoms with Crippen molar-refractivity contribution in [2.24, 2.45) is 0 Å². The fraction of sp³-hybridized carbons (Fsp3) is 0.364. The topological polar surface area (TPSA) is 46.5 Å². The van der Waals surface area contributed by atoms with E-state index in [1.807, 2.05) is 30.3 Å². The maximum absolute atomic E-state index is 10.8. The molecule has 14 heavy (non-hydrogen) atoms. The fourth-order valence-corrected chi connectivity index (χ4v) is 1.33. The summed E-state index contributed by atoms with van der Waals surface area (Å²) in [6, 6.07) is 9.61. The lowest BCUT2D eigenvalue weighted by Gasteiger charge is -2.10. The van der Waals surface area contributed by atoms with Crippen LogP contribution in [0, 0.1) is 0 Å². The molecule has 74 valence electrons. The van der Waals surface area contributed by atoms with E-state index in [0.717, 1.165) is 5.56 Å². The lowest BCUT2D eigenvalue weighted by Crippen LogP contribution is -2.25. The molecule has 0 unspecified atom stereocenters. The van der Waals surface area contributed by atoms with Gasteiger partial charge in [0.1, 0.15) is 0 Å². The molecule has 0 saturated heterocycles.